The van der Waals surface area contributed by atoms with Gasteiger partial charge in [-0.1, -0.05) is 13.0 Å². The van der Waals surface area contributed by atoms with Crippen LogP contribution in [0.25, 0.3) is 0 Å². The van der Waals surface area contributed by atoms with Crippen molar-refractivity contribution in [2.45, 2.75) is 43.2 Å². The van der Waals surface area contributed by atoms with Gasteiger partial charge < -0.3 is 25.0 Å². The molecule has 1 aromatic carbocycles. The van der Waals surface area contributed by atoms with Gasteiger partial charge in [-0.25, -0.2) is 8.42 Å². The molecule has 1 aromatic rings. The van der Waals surface area contributed by atoms with E-state index in [1.54, 1.807) is 29.0 Å². The van der Waals surface area contributed by atoms with Gasteiger partial charge in [-0.3, -0.25) is 9.59 Å². The van der Waals surface area contributed by atoms with Crippen LogP contribution in [0.15, 0.2) is 23.1 Å². The van der Waals surface area contributed by atoms with Gasteiger partial charge in [0.2, 0.25) is 15.9 Å². The van der Waals surface area contributed by atoms with Crippen molar-refractivity contribution in [2.75, 3.05) is 51.4 Å². The molecule has 0 bridgehead atoms. The summed E-state index contributed by atoms with van der Waals surface area (Å²) in [5.74, 6) is -0.586. The Labute approximate surface area is 189 Å². The highest BCUT2D eigenvalue weighted by atomic mass is 32.2. The molecule has 0 aromatic heterocycles. The highest BCUT2D eigenvalue weighted by Gasteiger charge is 2.33. The number of nitrogens with two attached hydrogens (primary N) is 1. The second-order valence-electron chi connectivity index (χ2n) is 7.90. The first-order chi connectivity index (χ1) is 15.3. The molecule has 0 unspecified atom stereocenters. The van der Waals surface area contributed by atoms with Gasteiger partial charge in [-0.15, -0.1) is 0 Å². The molecule has 0 aliphatic carbocycles. The number of rotatable bonds is 8. The zero-order chi connectivity index (χ0) is 23.3. The average molecular weight is 469 g/mol. The van der Waals surface area contributed by atoms with Crippen molar-refractivity contribution in [3.05, 3.63) is 23.8 Å². The molecule has 0 saturated carbocycles. The van der Waals surface area contributed by atoms with E-state index in [0.717, 1.165) is 12.8 Å². The van der Waals surface area contributed by atoms with Crippen LogP contribution in [0.5, 0.6) is 0 Å². The minimum absolute atomic E-state index is 0.0384. The fraction of sp³-hybridized carbons (Fsp3) is 0.619. The van der Waals surface area contributed by atoms with Crippen LogP contribution in [0.1, 0.15) is 25.3 Å². The van der Waals surface area contributed by atoms with Crippen LogP contribution in [0, 0.1) is 0 Å². The number of carbonyl (C=O) groups is 2. The lowest BCUT2D eigenvalue weighted by molar-refractivity contribution is -0.136. The minimum atomic E-state index is -4.07. The quantitative estimate of drug-likeness (QED) is 0.543. The van der Waals surface area contributed by atoms with Gasteiger partial charge in [0.15, 0.2) is 0 Å². The van der Waals surface area contributed by atoms with E-state index in [2.05, 4.69) is 4.72 Å². The molecule has 2 fully saturated rings. The number of hydrogen-bond donors (Lipinski definition) is 2. The van der Waals surface area contributed by atoms with Crippen LogP contribution in [-0.2, 0) is 35.5 Å². The lowest BCUT2D eigenvalue weighted by Gasteiger charge is -2.34. The van der Waals surface area contributed by atoms with Crippen LogP contribution in [0.2, 0.25) is 0 Å². The maximum absolute atomic E-state index is 13.3. The highest BCUT2D eigenvalue weighted by Crippen LogP contribution is 2.29. The number of methoxy groups -OCH3 is 1. The first kappa shape index (κ1) is 24.6. The van der Waals surface area contributed by atoms with Crippen LogP contribution in [0.3, 0.4) is 0 Å². The van der Waals surface area contributed by atoms with Crippen molar-refractivity contribution in [3.8, 4) is 0 Å². The Kier molecular flexibility index (Phi) is 8.23. The predicted octanol–water partition coefficient (Wildman–Crippen LogP) is -0.145. The number of piperidine rings is 1. The van der Waals surface area contributed by atoms with Gasteiger partial charge in [0, 0.05) is 39.0 Å². The number of morpholine rings is 1. The van der Waals surface area contributed by atoms with Gasteiger partial charge in [0.05, 0.1) is 17.6 Å². The van der Waals surface area contributed by atoms with Crippen molar-refractivity contribution in [1.82, 2.24) is 9.62 Å². The van der Waals surface area contributed by atoms with Crippen LogP contribution in [-0.4, -0.2) is 83.8 Å². The number of nitrogens with one attached hydrogen (secondary N) is 1. The Morgan fingerprint density at radius 1 is 1.38 bits per heavy atom. The van der Waals surface area contributed by atoms with E-state index in [1.807, 2.05) is 6.92 Å². The Bertz CT molecular complexity index is 938. The van der Waals surface area contributed by atoms with Crippen molar-refractivity contribution in [2.24, 2.45) is 5.73 Å². The predicted molar refractivity (Wildman–Crippen MR) is 119 cm³/mol. The fourth-order valence-corrected chi connectivity index (χ4v) is 5.72. The van der Waals surface area contributed by atoms with Crippen LogP contribution < -0.4 is 15.4 Å². The minimum Gasteiger partial charge on any atom is -0.380 e. The lowest BCUT2D eigenvalue weighted by atomic mass is 10.1. The monoisotopic (exact) mass is 468 g/mol. The van der Waals surface area contributed by atoms with E-state index in [4.69, 9.17) is 15.2 Å². The molecule has 2 heterocycles. The number of carbonyl (C=O) groups excluding carboxylic acids is 2. The largest absolute Gasteiger partial charge is 0.380 e. The van der Waals surface area contributed by atoms with Crippen molar-refractivity contribution in [3.63, 3.8) is 0 Å². The van der Waals surface area contributed by atoms with Crippen molar-refractivity contribution in [1.29, 1.82) is 0 Å². The average Bonchev–Trinajstić information content (AvgIpc) is 2.82. The third kappa shape index (κ3) is 5.29. The molecule has 0 radical (unpaired) electrons. The maximum Gasteiger partial charge on any atom is 0.253 e. The molecule has 178 valence electrons. The molecular weight excluding hydrogens is 436 g/mol. The fourth-order valence-electron chi connectivity index (χ4n) is 4.19. The summed E-state index contributed by atoms with van der Waals surface area (Å²) < 4.78 is 39.7. The third-order valence-electron chi connectivity index (χ3n) is 5.88. The highest BCUT2D eigenvalue weighted by molar-refractivity contribution is 7.89. The SMILES string of the molecule is CCc1c(N2CCOCC2=O)cccc1S(=O)(=O)N[C@@H](CN)C(=O)N1CCC[C@@H](OC)C1. The van der Waals surface area contributed by atoms with Crippen LogP contribution in [0.4, 0.5) is 5.69 Å². The van der Waals surface area contributed by atoms with Gasteiger partial charge in [-0.2, -0.15) is 4.72 Å². The Balaban J connectivity index is 1.85. The smallest absolute Gasteiger partial charge is 0.253 e. The Hall–Kier alpha value is -2.05. The zero-order valence-corrected chi connectivity index (χ0v) is 19.4. The molecule has 2 aliphatic rings. The molecule has 11 heteroatoms. The number of hydrogen-bond acceptors (Lipinski definition) is 7. The number of amides is 2. The van der Waals surface area contributed by atoms with E-state index in [1.165, 1.54) is 6.07 Å². The lowest BCUT2D eigenvalue weighted by Crippen LogP contribution is -2.55. The molecule has 2 aliphatic heterocycles. The molecular formula is C21H32N4O6S. The van der Waals surface area contributed by atoms with Crippen molar-refractivity contribution >= 4 is 27.5 Å². The van der Waals surface area contributed by atoms with Crippen LogP contribution >= 0.6 is 0 Å². The normalized spacial score (nSPS) is 21.0. The van der Waals surface area contributed by atoms with Gasteiger partial charge in [0.25, 0.3) is 5.91 Å². The summed E-state index contributed by atoms with van der Waals surface area (Å²) in [6, 6.07) is 3.72. The molecule has 3 N–H and O–H groups in total. The van der Waals surface area contributed by atoms with Gasteiger partial charge >= 0.3 is 0 Å². The standard InChI is InChI=1S/C21H32N4O6S/c1-3-16-18(25-10-11-31-14-20(25)26)7-4-8-19(16)32(28,29)23-17(12-22)21(27)24-9-5-6-15(13-24)30-2/h4,7-8,15,17,23H,3,5-6,9-14,22H2,1-2H3/t15-,17+/m1/s1. The molecule has 10 nitrogen and oxygen atoms in total. The summed E-state index contributed by atoms with van der Waals surface area (Å²) in [4.78, 5) is 28.5. The Morgan fingerprint density at radius 2 is 2.16 bits per heavy atom. The molecule has 2 atom stereocenters. The summed E-state index contributed by atoms with van der Waals surface area (Å²) in [7, 11) is -2.48. The molecule has 2 amide bonds. The zero-order valence-electron chi connectivity index (χ0n) is 18.6. The number of likely N-dealkylation sites (tertiary alicyclic amines) is 1. The summed E-state index contributed by atoms with van der Waals surface area (Å²) in [5.41, 5.74) is 6.85. The van der Waals surface area contributed by atoms with E-state index >= 15 is 0 Å². The molecule has 2 saturated heterocycles. The second-order valence-corrected chi connectivity index (χ2v) is 9.58. The molecule has 3 rings (SSSR count). The first-order valence-corrected chi connectivity index (χ1v) is 12.3. The van der Waals surface area contributed by atoms with Crippen molar-refractivity contribution < 1.29 is 27.5 Å². The van der Waals surface area contributed by atoms with E-state index in [-0.39, 0.29) is 36.0 Å². The summed E-state index contributed by atoms with van der Waals surface area (Å²) in [6.45, 7) is 3.28. The summed E-state index contributed by atoms with van der Waals surface area (Å²) in [6.07, 6.45) is 1.95. The third-order valence-corrected chi connectivity index (χ3v) is 7.44. The number of benzene rings is 1. The summed E-state index contributed by atoms with van der Waals surface area (Å²) >= 11 is 0. The second kappa shape index (κ2) is 10.7. The van der Waals surface area contributed by atoms with Gasteiger partial charge in [-0.05, 0) is 37.0 Å². The number of ether oxygens (including phenoxy) is 2. The number of anilines is 1. The first-order valence-electron chi connectivity index (χ1n) is 10.9. The molecule has 32 heavy (non-hydrogen) atoms. The number of sulfonamides is 1. The van der Waals surface area contributed by atoms with E-state index < -0.39 is 16.1 Å². The number of nitrogens with zero attached hydrogens (tertiary/aromatic N) is 2. The Morgan fingerprint density at radius 3 is 2.81 bits per heavy atom. The van der Waals surface area contributed by atoms with E-state index in [0.29, 0.717) is 43.9 Å². The molecule has 0 spiro atoms. The summed E-state index contributed by atoms with van der Waals surface area (Å²) in [5, 5.41) is 0. The van der Waals surface area contributed by atoms with E-state index in [9.17, 15) is 18.0 Å². The maximum atomic E-state index is 13.3. The van der Waals surface area contributed by atoms with Gasteiger partial charge in [0.1, 0.15) is 12.6 Å². The topological polar surface area (TPSA) is 131 Å².